The van der Waals surface area contributed by atoms with Gasteiger partial charge < -0.3 is 14.2 Å². The van der Waals surface area contributed by atoms with Crippen LogP contribution < -0.4 is 14.2 Å². The molecule has 34 heavy (non-hydrogen) atoms. The largest absolute Gasteiger partial charge is 0.494 e. The fraction of sp³-hybridized carbons (Fsp3) is 0.226. The van der Waals surface area contributed by atoms with Crippen LogP contribution in [0.25, 0.3) is 11.1 Å². The van der Waals surface area contributed by atoms with Gasteiger partial charge in [-0.05, 0) is 55.2 Å². The Bertz CT molecular complexity index is 1240. The van der Waals surface area contributed by atoms with Crippen LogP contribution in [0.3, 0.4) is 0 Å². The average molecular weight is 451 g/mol. The van der Waals surface area contributed by atoms with Crippen LogP contribution in [-0.4, -0.2) is 19.8 Å². The zero-order valence-corrected chi connectivity index (χ0v) is 20.0. The topological polar surface area (TPSA) is 27.7 Å². The van der Waals surface area contributed by atoms with E-state index in [0.717, 1.165) is 33.9 Å². The summed E-state index contributed by atoms with van der Waals surface area (Å²) < 4.78 is 18.5. The minimum atomic E-state index is -0.546. The first-order valence-corrected chi connectivity index (χ1v) is 12.1. The fourth-order valence-corrected chi connectivity index (χ4v) is 5.37. The van der Waals surface area contributed by atoms with Gasteiger partial charge in [0.1, 0.15) is 17.2 Å². The minimum absolute atomic E-state index is 0.546. The molecule has 0 unspecified atom stereocenters. The Hall–Kier alpha value is -3.72. The lowest BCUT2D eigenvalue weighted by Crippen LogP contribution is -2.29. The molecule has 0 spiro atoms. The van der Waals surface area contributed by atoms with Gasteiger partial charge in [-0.15, -0.1) is 0 Å². The molecular weight excluding hydrogens is 420 g/mol. The van der Waals surface area contributed by atoms with Crippen molar-refractivity contribution in [1.29, 1.82) is 0 Å². The Morgan fingerprint density at radius 1 is 0.588 bits per heavy atom. The lowest BCUT2D eigenvalue weighted by atomic mass is 9.67. The van der Waals surface area contributed by atoms with Crippen molar-refractivity contribution in [2.24, 2.45) is 0 Å². The van der Waals surface area contributed by atoms with E-state index in [2.05, 4.69) is 84.9 Å². The number of ether oxygens (including phenoxy) is 3. The molecule has 172 valence electrons. The van der Waals surface area contributed by atoms with Crippen molar-refractivity contribution in [2.75, 3.05) is 19.8 Å². The van der Waals surface area contributed by atoms with Crippen LogP contribution in [0.2, 0.25) is 0 Å². The molecule has 0 heterocycles. The third kappa shape index (κ3) is 3.35. The highest BCUT2D eigenvalue weighted by Gasteiger charge is 2.49. The van der Waals surface area contributed by atoms with E-state index in [1.54, 1.807) is 0 Å². The minimum Gasteiger partial charge on any atom is -0.494 e. The first-order valence-electron chi connectivity index (χ1n) is 12.1. The molecule has 3 nitrogen and oxygen atoms in total. The third-order valence-corrected chi connectivity index (χ3v) is 6.47. The molecule has 0 amide bonds. The SMILES string of the molecule is CCOc1cc(OCC)c2c(c1)-c1c(OCC)cccc1C2(c1ccccc1)c1ccccc1. The second-order valence-electron chi connectivity index (χ2n) is 8.30. The van der Waals surface area contributed by atoms with E-state index in [9.17, 15) is 0 Å². The molecular formula is C31H30O3. The zero-order valence-electron chi connectivity index (χ0n) is 20.0. The van der Waals surface area contributed by atoms with Gasteiger partial charge in [0.2, 0.25) is 0 Å². The van der Waals surface area contributed by atoms with Crippen molar-refractivity contribution in [2.45, 2.75) is 26.2 Å². The van der Waals surface area contributed by atoms with Crippen molar-refractivity contribution >= 4 is 0 Å². The van der Waals surface area contributed by atoms with Crippen LogP contribution in [0.5, 0.6) is 17.2 Å². The number of fused-ring (bicyclic) bond motifs is 3. The second kappa shape index (κ2) is 9.26. The zero-order chi connectivity index (χ0) is 23.5. The highest BCUT2D eigenvalue weighted by molar-refractivity contribution is 5.92. The van der Waals surface area contributed by atoms with E-state index in [4.69, 9.17) is 14.2 Å². The molecule has 1 aliphatic carbocycles. The van der Waals surface area contributed by atoms with E-state index in [0.29, 0.717) is 19.8 Å². The molecule has 0 fully saturated rings. The molecule has 5 rings (SSSR count). The smallest absolute Gasteiger partial charge is 0.128 e. The van der Waals surface area contributed by atoms with Gasteiger partial charge in [-0.3, -0.25) is 0 Å². The van der Waals surface area contributed by atoms with Gasteiger partial charge in [-0.1, -0.05) is 72.8 Å². The predicted octanol–water partition coefficient (Wildman–Crippen LogP) is 7.25. The summed E-state index contributed by atoms with van der Waals surface area (Å²) in [5.74, 6) is 2.53. The number of rotatable bonds is 8. The van der Waals surface area contributed by atoms with Crippen molar-refractivity contribution in [1.82, 2.24) is 0 Å². The van der Waals surface area contributed by atoms with Gasteiger partial charge in [0, 0.05) is 17.2 Å². The van der Waals surface area contributed by atoms with Crippen molar-refractivity contribution in [3.05, 3.63) is 113 Å². The van der Waals surface area contributed by atoms with Gasteiger partial charge in [0.15, 0.2) is 0 Å². The van der Waals surface area contributed by atoms with Crippen LogP contribution in [-0.2, 0) is 5.41 Å². The Morgan fingerprint density at radius 2 is 1.18 bits per heavy atom. The molecule has 4 aromatic carbocycles. The lowest BCUT2D eigenvalue weighted by Gasteiger charge is -2.35. The highest BCUT2D eigenvalue weighted by Crippen LogP contribution is 2.61. The van der Waals surface area contributed by atoms with Crippen LogP contribution >= 0.6 is 0 Å². The maximum absolute atomic E-state index is 6.34. The first kappa shape index (κ1) is 22.1. The summed E-state index contributed by atoms with van der Waals surface area (Å²) >= 11 is 0. The van der Waals surface area contributed by atoms with Gasteiger partial charge >= 0.3 is 0 Å². The standard InChI is InChI=1S/C31H30O3/c1-4-32-24-20-25-29-26(18-13-19-27(29)33-5-2)31(22-14-9-7-10-15-22,23-16-11-8-12-17-23)30(25)28(21-24)34-6-3/h7-21H,4-6H2,1-3H3. The molecule has 4 aromatic rings. The molecule has 0 radical (unpaired) electrons. The maximum Gasteiger partial charge on any atom is 0.128 e. The molecule has 0 bridgehead atoms. The summed E-state index contributed by atoms with van der Waals surface area (Å²) in [5, 5.41) is 0. The summed E-state index contributed by atoms with van der Waals surface area (Å²) in [7, 11) is 0. The Balaban J connectivity index is 1.98. The summed E-state index contributed by atoms with van der Waals surface area (Å²) in [5.41, 5.74) is 6.38. The van der Waals surface area contributed by atoms with Gasteiger partial charge in [0.25, 0.3) is 0 Å². The highest BCUT2D eigenvalue weighted by atomic mass is 16.5. The first-order chi connectivity index (χ1) is 16.7. The van der Waals surface area contributed by atoms with Crippen LogP contribution in [0, 0.1) is 0 Å². The van der Waals surface area contributed by atoms with Gasteiger partial charge in [-0.2, -0.15) is 0 Å². The molecule has 1 aliphatic rings. The fourth-order valence-electron chi connectivity index (χ4n) is 5.37. The number of hydrogen-bond donors (Lipinski definition) is 0. The molecule has 3 heteroatoms. The summed E-state index contributed by atoms with van der Waals surface area (Å²) in [4.78, 5) is 0. The van der Waals surface area contributed by atoms with E-state index in [1.807, 2.05) is 26.8 Å². The normalized spacial score (nSPS) is 13.1. The predicted molar refractivity (Wildman–Crippen MR) is 137 cm³/mol. The second-order valence-corrected chi connectivity index (χ2v) is 8.30. The van der Waals surface area contributed by atoms with Gasteiger partial charge in [0.05, 0.1) is 25.2 Å². The Kier molecular flexibility index (Phi) is 6.02. The summed E-state index contributed by atoms with van der Waals surface area (Å²) in [6.07, 6.45) is 0. The monoisotopic (exact) mass is 450 g/mol. The molecule has 0 saturated heterocycles. The average Bonchev–Trinajstić information content (AvgIpc) is 3.18. The molecule has 0 N–H and O–H groups in total. The molecule has 0 atom stereocenters. The molecule has 0 saturated carbocycles. The summed E-state index contributed by atoms with van der Waals surface area (Å²) in [6, 6.07) is 32.0. The maximum atomic E-state index is 6.34. The van der Waals surface area contributed by atoms with Crippen LogP contribution in [0.1, 0.15) is 43.0 Å². The van der Waals surface area contributed by atoms with Gasteiger partial charge in [-0.25, -0.2) is 0 Å². The lowest BCUT2D eigenvalue weighted by molar-refractivity contribution is 0.319. The number of hydrogen-bond acceptors (Lipinski definition) is 3. The van der Waals surface area contributed by atoms with Crippen LogP contribution in [0.15, 0.2) is 91.0 Å². The van der Waals surface area contributed by atoms with Crippen molar-refractivity contribution in [3.63, 3.8) is 0 Å². The van der Waals surface area contributed by atoms with Crippen LogP contribution in [0.4, 0.5) is 0 Å². The number of benzene rings is 4. The van der Waals surface area contributed by atoms with E-state index >= 15 is 0 Å². The van der Waals surface area contributed by atoms with E-state index < -0.39 is 5.41 Å². The van der Waals surface area contributed by atoms with E-state index in [-0.39, 0.29) is 0 Å². The third-order valence-electron chi connectivity index (χ3n) is 6.47. The Labute approximate surface area is 201 Å². The molecule has 0 aromatic heterocycles. The quantitative estimate of drug-likeness (QED) is 0.249. The van der Waals surface area contributed by atoms with Crippen molar-refractivity contribution in [3.8, 4) is 28.4 Å². The van der Waals surface area contributed by atoms with E-state index in [1.165, 1.54) is 16.7 Å². The van der Waals surface area contributed by atoms with Crippen molar-refractivity contribution < 1.29 is 14.2 Å². The Morgan fingerprint density at radius 3 is 1.76 bits per heavy atom. The molecule has 0 aliphatic heterocycles. The summed E-state index contributed by atoms with van der Waals surface area (Å²) in [6.45, 7) is 7.81.